The first-order valence-electron chi connectivity index (χ1n) is 8.12. The molecule has 146 valence electrons. The molecular formula is C18H21F3N4OS. The van der Waals surface area contributed by atoms with Crippen LogP contribution in [0, 0.1) is 6.92 Å². The van der Waals surface area contributed by atoms with Crippen molar-refractivity contribution in [2.75, 3.05) is 12.4 Å². The van der Waals surface area contributed by atoms with Crippen LogP contribution in [-0.4, -0.2) is 27.4 Å². The summed E-state index contributed by atoms with van der Waals surface area (Å²) in [5, 5.41) is 0.581. The summed E-state index contributed by atoms with van der Waals surface area (Å²) < 4.78 is 43.3. The third-order valence-electron chi connectivity index (χ3n) is 3.51. The minimum atomic E-state index is -4.38. The normalized spacial score (nSPS) is 12.7. The Kier molecular flexibility index (Phi) is 6.95. The predicted molar refractivity (Wildman–Crippen MR) is 101 cm³/mol. The zero-order chi connectivity index (χ0) is 20.0. The van der Waals surface area contributed by atoms with E-state index in [4.69, 9.17) is 10.6 Å². The molecule has 2 heterocycles. The van der Waals surface area contributed by atoms with Gasteiger partial charge in [-0.1, -0.05) is 23.9 Å². The molecule has 0 fully saturated rings. The van der Waals surface area contributed by atoms with Gasteiger partial charge in [0.05, 0.1) is 17.6 Å². The van der Waals surface area contributed by atoms with Crippen molar-refractivity contribution in [2.45, 2.75) is 37.9 Å². The zero-order valence-corrected chi connectivity index (χ0v) is 16.1. The van der Waals surface area contributed by atoms with Gasteiger partial charge in [0.25, 0.3) is 0 Å². The van der Waals surface area contributed by atoms with E-state index >= 15 is 0 Å². The Balaban J connectivity index is 2.09. The maximum absolute atomic E-state index is 12.3. The van der Waals surface area contributed by atoms with Gasteiger partial charge in [-0.15, -0.1) is 0 Å². The number of rotatable bonds is 7. The average molecular weight is 398 g/mol. The highest BCUT2D eigenvalue weighted by molar-refractivity contribution is 7.98. The lowest BCUT2D eigenvalue weighted by molar-refractivity contribution is -0.153. The Morgan fingerprint density at radius 2 is 2.15 bits per heavy atom. The van der Waals surface area contributed by atoms with E-state index in [2.05, 4.69) is 9.97 Å². The monoisotopic (exact) mass is 398 g/mol. The Hall–Kier alpha value is -2.42. The zero-order valence-electron chi connectivity index (χ0n) is 15.2. The van der Waals surface area contributed by atoms with Crippen molar-refractivity contribution in [3.63, 3.8) is 0 Å². The Morgan fingerprint density at radius 3 is 2.81 bits per heavy atom. The summed E-state index contributed by atoms with van der Waals surface area (Å²) in [4.78, 5) is 8.68. The van der Waals surface area contributed by atoms with E-state index in [0.29, 0.717) is 22.2 Å². The molecule has 9 heteroatoms. The van der Waals surface area contributed by atoms with Gasteiger partial charge >= 0.3 is 6.18 Å². The van der Waals surface area contributed by atoms with E-state index in [1.54, 1.807) is 13.1 Å². The van der Waals surface area contributed by atoms with Crippen LogP contribution in [0.1, 0.15) is 30.8 Å². The number of alkyl halides is 3. The van der Waals surface area contributed by atoms with Crippen LogP contribution in [0.3, 0.4) is 0 Å². The quantitative estimate of drug-likeness (QED) is 0.422. The number of allylic oxidation sites excluding steroid dienone is 3. The number of aromatic nitrogens is 3. The number of imidazole rings is 1. The molecule has 0 atom stereocenters. The van der Waals surface area contributed by atoms with Crippen molar-refractivity contribution in [3.05, 3.63) is 53.1 Å². The van der Waals surface area contributed by atoms with Crippen LogP contribution in [0.25, 0.3) is 6.08 Å². The average Bonchev–Trinajstić information content (AvgIpc) is 2.91. The number of nitrogens with two attached hydrogens (primary N) is 1. The third-order valence-corrected chi connectivity index (χ3v) is 4.49. The maximum atomic E-state index is 12.3. The van der Waals surface area contributed by atoms with Crippen LogP contribution in [0.5, 0.6) is 5.75 Å². The topological polar surface area (TPSA) is 66.0 Å². The number of halogens is 3. The SMILES string of the molecule is C/C=C\C(C)=C/c1cn(N)c(SCc2nccc(OCC(F)(F)F)c2C)n1. The number of nitrogen functional groups attached to an aromatic ring is 1. The van der Waals surface area contributed by atoms with Gasteiger partial charge in [-0.05, 0) is 38.5 Å². The molecular weight excluding hydrogens is 377 g/mol. The first-order valence-corrected chi connectivity index (χ1v) is 9.10. The molecule has 2 N–H and O–H groups in total. The van der Waals surface area contributed by atoms with E-state index < -0.39 is 12.8 Å². The van der Waals surface area contributed by atoms with Crippen LogP contribution in [0.2, 0.25) is 0 Å². The smallest absolute Gasteiger partial charge is 0.422 e. The van der Waals surface area contributed by atoms with Gasteiger partial charge in [0, 0.05) is 17.5 Å². The first kappa shape index (κ1) is 20.9. The predicted octanol–water partition coefficient (Wildman–Crippen LogP) is 4.51. The summed E-state index contributed by atoms with van der Waals surface area (Å²) >= 11 is 1.35. The largest absolute Gasteiger partial charge is 0.484 e. The molecule has 0 aromatic carbocycles. The molecule has 0 aliphatic carbocycles. The van der Waals surface area contributed by atoms with Crippen LogP contribution in [0.4, 0.5) is 13.2 Å². The van der Waals surface area contributed by atoms with Gasteiger partial charge in [0.2, 0.25) is 0 Å². The summed E-state index contributed by atoms with van der Waals surface area (Å²) in [6, 6.07) is 1.42. The molecule has 0 amide bonds. The van der Waals surface area contributed by atoms with Gasteiger partial charge in [0.1, 0.15) is 5.75 Å². The Morgan fingerprint density at radius 1 is 1.41 bits per heavy atom. The summed E-state index contributed by atoms with van der Waals surface area (Å²) in [6.07, 6.45) is 4.55. The fourth-order valence-corrected chi connectivity index (χ4v) is 3.20. The van der Waals surface area contributed by atoms with Crippen LogP contribution in [0.15, 0.2) is 41.3 Å². The number of pyridine rings is 1. The molecule has 0 aliphatic rings. The second kappa shape index (κ2) is 8.98. The van der Waals surface area contributed by atoms with Gasteiger partial charge in [-0.25, -0.2) is 9.66 Å². The molecule has 0 unspecified atom stereocenters. The van der Waals surface area contributed by atoms with Crippen molar-refractivity contribution in [3.8, 4) is 5.75 Å². The van der Waals surface area contributed by atoms with Gasteiger partial charge in [-0.3, -0.25) is 4.98 Å². The highest BCUT2D eigenvalue weighted by atomic mass is 32.2. The van der Waals surface area contributed by atoms with E-state index in [1.165, 1.54) is 28.7 Å². The second-order valence-electron chi connectivity index (χ2n) is 5.82. The Labute approximate surface area is 160 Å². The van der Waals surface area contributed by atoms with E-state index in [9.17, 15) is 13.2 Å². The summed E-state index contributed by atoms with van der Waals surface area (Å²) in [7, 11) is 0. The molecule has 5 nitrogen and oxygen atoms in total. The number of nitrogens with zero attached hydrogens (tertiary/aromatic N) is 3. The molecule has 0 radical (unpaired) electrons. The van der Waals surface area contributed by atoms with Gasteiger partial charge in [-0.2, -0.15) is 13.2 Å². The molecule has 2 aromatic rings. The van der Waals surface area contributed by atoms with Crippen molar-refractivity contribution >= 4 is 17.8 Å². The Bertz CT molecular complexity index is 844. The van der Waals surface area contributed by atoms with E-state index in [0.717, 1.165) is 11.3 Å². The summed E-state index contributed by atoms with van der Waals surface area (Å²) in [6.45, 7) is 4.24. The highest BCUT2D eigenvalue weighted by Crippen LogP contribution is 2.27. The van der Waals surface area contributed by atoms with Crippen molar-refractivity contribution in [2.24, 2.45) is 0 Å². The number of hydrogen-bond acceptors (Lipinski definition) is 5. The molecule has 0 aliphatic heterocycles. The van der Waals surface area contributed by atoms with E-state index in [-0.39, 0.29) is 5.75 Å². The first-order chi connectivity index (χ1) is 12.7. The lowest BCUT2D eigenvalue weighted by Crippen LogP contribution is -2.19. The molecule has 0 saturated heterocycles. The number of thioether (sulfide) groups is 1. The molecule has 2 aromatic heterocycles. The fourth-order valence-electron chi connectivity index (χ4n) is 2.27. The number of hydrogen-bond donors (Lipinski definition) is 1. The molecule has 27 heavy (non-hydrogen) atoms. The van der Waals surface area contributed by atoms with Crippen molar-refractivity contribution in [1.29, 1.82) is 0 Å². The second-order valence-corrected chi connectivity index (χ2v) is 6.76. The van der Waals surface area contributed by atoms with Crippen LogP contribution < -0.4 is 10.6 Å². The fraction of sp³-hybridized carbons (Fsp3) is 0.333. The lowest BCUT2D eigenvalue weighted by atomic mass is 10.2. The van der Waals surface area contributed by atoms with Crippen LogP contribution in [-0.2, 0) is 5.75 Å². The summed E-state index contributed by atoms with van der Waals surface area (Å²) in [5.41, 5.74) is 2.94. The van der Waals surface area contributed by atoms with Crippen LogP contribution >= 0.6 is 11.8 Å². The minimum absolute atomic E-state index is 0.166. The third kappa shape index (κ3) is 6.35. The number of ether oxygens (including phenoxy) is 1. The molecule has 0 spiro atoms. The molecule has 2 rings (SSSR count). The highest BCUT2D eigenvalue weighted by Gasteiger charge is 2.28. The van der Waals surface area contributed by atoms with Gasteiger partial charge < -0.3 is 10.6 Å². The molecule has 0 saturated carbocycles. The maximum Gasteiger partial charge on any atom is 0.422 e. The van der Waals surface area contributed by atoms with Crippen molar-refractivity contribution < 1.29 is 17.9 Å². The van der Waals surface area contributed by atoms with Crippen molar-refractivity contribution in [1.82, 2.24) is 14.6 Å². The van der Waals surface area contributed by atoms with E-state index in [1.807, 2.05) is 32.1 Å². The lowest BCUT2D eigenvalue weighted by Gasteiger charge is -2.13. The summed E-state index contributed by atoms with van der Waals surface area (Å²) in [5.74, 6) is 6.50. The minimum Gasteiger partial charge on any atom is -0.484 e. The molecule has 0 bridgehead atoms. The standard InChI is InChI=1S/C18H21F3N4OS/c1-4-5-12(2)8-14-9-25(22)17(24-14)27-10-15-13(3)16(6-7-23-15)26-11-18(19,20)21/h4-9H,10-11,22H2,1-3H3/b5-4-,12-8-. The van der Waals surface area contributed by atoms with Gasteiger partial charge in [0.15, 0.2) is 11.8 Å².